The lowest BCUT2D eigenvalue weighted by atomic mass is 10.1. The lowest BCUT2D eigenvalue weighted by Gasteiger charge is -2.05. The zero-order chi connectivity index (χ0) is 20.4. The maximum Gasteiger partial charge on any atom is 0.257 e. The van der Waals surface area contributed by atoms with E-state index in [1.807, 2.05) is 25.1 Å². The molecule has 7 nitrogen and oxygen atoms in total. The molecule has 29 heavy (non-hydrogen) atoms. The van der Waals surface area contributed by atoms with Crippen LogP contribution in [0.25, 0.3) is 0 Å². The Kier molecular flexibility index (Phi) is 5.18. The molecule has 148 valence electrons. The lowest BCUT2D eigenvalue weighted by molar-refractivity contribution is -0.114. The molecule has 4 rings (SSSR count). The molecule has 0 fully saturated rings. The number of amides is 2. The molecule has 2 aromatic carbocycles. The van der Waals surface area contributed by atoms with Crippen LogP contribution in [0.3, 0.4) is 0 Å². The van der Waals surface area contributed by atoms with Crippen molar-refractivity contribution < 1.29 is 19.1 Å². The van der Waals surface area contributed by atoms with Gasteiger partial charge in [0.05, 0.1) is 5.69 Å². The van der Waals surface area contributed by atoms with Crippen molar-refractivity contribution in [3.8, 4) is 11.5 Å². The van der Waals surface area contributed by atoms with E-state index in [1.54, 1.807) is 24.3 Å². The van der Waals surface area contributed by atoms with Gasteiger partial charge in [-0.15, -0.1) is 11.3 Å². The van der Waals surface area contributed by atoms with E-state index in [-0.39, 0.29) is 18.6 Å². The van der Waals surface area contributed by atoms with Crippen LogP contribution in [0, 0.1) is 6.92 Å². The Morgan fingerprint density at radius 1 is 1.10 bits per heavy atom. The van der Waals surface area contributed by atoms with Crippen molar-refractivity contribution in [3.63, 3.8) is 0 Å². The van der Waals surface area contributed by atoms with Gasteiger partial charge in [0.15, 0.2) is 16.6 Å². The van der Waals surface area contributed by atoms with E-state index in [0.717, 1.165) is 27.6 Å². The third kappa shape index (κ3) is 4.38. The number of anilines is 2. The molecule has 0 saturated heterocycles. The number of nitrogens with zero attached hydrogens (tertiary/aromatic N) is 1. The highest BCUT2D eigenvalue weighted by Gasteiger charge is 2.16. The van der Waals surface area contributed by atoms with Crippen molar-refractivity contribution in [1.29, 1.82) is 0 Å². The molecule has 2 amide bonds. The number of nitrogens with one attached hydrogen (secondary N) is 2. The van der Waals surface area contributed by atoms with Gasteiger partial charge in [-0.3, -0.25) is 14.9 Å². The number of carbonyl (C=O) groups is 2. The molecule has 2 N–H and O–H groups in total. The van der Waals surface area contributed by atoms with Gasteiger partial charge in [0.1, 0.15) is 0 Å². The first-order valence-corrected chi connectivity index (χ1v) is 9.83. The summed E-state index contributed by atoms with van der Waals surface area (Å²) in [6.07, 6.45) is 0.689. The summed E-state index contributed by atoms with van der Waals surface area (Å²) in [5.74, 6) is 1.04. The molecule has 0 atom stereocenters. The van der Waals surface area contributed by atoms with E-state index in [4.69, 9.17) is 9.47 Å². The summed E-state index contributed by atoms with van der Waals surface area (Å²) in [6, 6.07) is 12.6. The van der Waals surface area contributed by atoms with E-state index < -0.39 is 0 Å². The van der Waals surface area contributed by atoms with Gasteiger partial charge in [-0.25, -0.2) is 4.98 Å². The van der Waals surface area contributed by atoms with Gasteiger partial charge in [0.25, 0.3) is 5.91 Å². The summed E-state index contributed by atoms with van der Waals surface area (Å²) >= 11 is 1.44. The normalized spacial score (nSPS) is 11.9. The number of ether oxygens (including phenoxy) is 2. The second-order valence-electron chi connectivity index (χ2n) is 6.61. The van der Waals surface area contributed by atoms with Gasteiger partial charge >= 0.3 is 0 Å². The quantitative estimate of drug-likeness (QED) is 0.665. The molecular formula is C21H19N3O4S. The largest absolute Gasteiger partial charge is 0.454 e. The van der Waals surface area contributed by atoms with E-state index in [9.17, 15) is 9.59 Å². The highest BCUT2D eigenvalue weighted by molar-refractivity contribution is 7.15. The van der Waals surface area contributed by atoms with E-state index in [1.165, 1.54) is 18.3 Å². The summed E-state index contributed by atoms with van der Waals surface area (Å²) in [6.45, 7) is 3.59. The van der Waals surface area contributed by atoms with Crippen molar-refractivity contribution in [3.05, 3.63) is 64.2 Å². The van der Waals surface area contributed by atoms with Gasteiger partial charge in [-0.1, -0.05) is 12.1 Å². The van der Waals surface area contributed by atoms with E-state index in [2.05, 4.69) is 15.6 Å². The Hall–Kier alpha value is -3.39. The van der Waals surface area contributed by atoms with Crippen LogP contribution in [0.2, 0.25) is 0 Å². The van der Waals surface area contributed by atoms with Gasteiger partial charge < -0.3 is 14.8 Å². The molecule has 0 saturated carbocycles. The SMILES string of the molecule is CC(=O)Nc1cccc(C(=O)Nc2nc(C)c(Cc3ccc4c(c3)OCO4)s2)c1. The molecule has 0 spiro atoms. The Bertz CT molecular complexity index is 1090. The first-order chi connectivity index (χ1) is 14.0. The van der Waals surface area contributed by atoms with Crippen LogP contribution in [0.4, 0.5) is 10.8 Å². The fourth-order valence-corrected chi connectivity index (χ4v) is 3.98. The summed E-state index contributed by atoms with van der Waals surface area (Å²) in [5.41, 5.74) is 2.97. The molecular weight excluding hydrogens is 390 g/mol. The number of hydrogen-bond acceptors (Lipinski definition) is 6. The standard InChI is InChI=1S/C21H19N3O4S/c1-12-19(9-14-6-7-17-18(8-14)28-11-27-17)29-21(22-12)24-20(26)15-4-3-5-16(10-15)23-13(2)25/h3-8,10H,9,11H2,1-2H3,(H,23,25)(H,22,24,26). The molecule has 0 radical (unpaired) electrons. The monoisotopic (exact) mass is 409 g/mol. The Balaban J connectivity index is 1.46. The second kappa shape index (κ2) is 7.92. The number of aromatic nitrogens is 1. The number of hydrogen-bond donors (Lipinski definition) is 2. The fourth-order valence-electron chi connectivity index (χ4n) is 2.99. The second-order valence-corrected chi connectivity index (χ2v) is 7.69. The van der Waals surface area contributed by atoms with Crippen LogP contribution in [0.1, 0.15) is 33.4 Å². The Morgan fingerprint density at radius 3 is 2.76 bits per heavy atom. The summed E-state index contributed by atoms with van der Waals surface area (Å²) in [4.78, 5) is 29.3. The minimum Gasteiger partial charge on any atom is -0.454 e. The molecule has 3 aromatic rings. The lowest BCUT2D eigenvalue weighted by Crippen LogP contribution is -2.13. The van der Waals surface area contributed by atoms with Gasteiger partial charge in [0, 0.05) is 29.5 Å². The summed E-state index contributed by atoms with van der Waals surface area (Å²) < 4.78 is 10.8. The molecule has 1 aromatic heterocycles. The number of carbonyl (C=O) groups excluding carboxylic acids is 2. The zero-order valence-electron chi connectivity index (χ0n) is 15.9. The van der Waals surface area contributed by atoms with Crippen LogP contribution < -0.4 is 20.1 Å². The van der Waals surface area contributed by atoms with Gasteiger partial charge in [-0.2, -0.15) is 0 Å². The average molecular weight is 409 g/mol. The van der Waals surface area contributed by atoms with Crippen LogP contribution in [0.5, 0.6) is 11.5 Å². The van der Waals surface area contributed by atoms with Crippen molar-refractivity contribution in [2.75, 3.05) is 17.4 Å². The number of fused-ring (bicyclic) bond motifs is 1. The molecule has 0 unspecified atom stereocenters. The molecule has 1 aliphatic rings. The fraction of sp³-hybridized carbons (Fsp3) is 0.190. The molecule has 2 heterocycles. The Labute approximate surface area is 171 Å². The zero-order valence-corrected chi connectivity index (χ0v) is 16.8. The molecule has 1 aliphatic heterocycles. The van der Waals surface area contributed by atoms with Crippen molar-refractivity contribution in [1.82, 2.24) is 4.98 Å². The third-order valence-electron chi connectivity index (χ3n) is 4.36. The third-order valence-corrected chi connectivity index (χ3v) is 5.43. The predicted octanol–water partition coefficient (Wildman–Crippen LogP) is 3.98. The molecule has 0 bridgehead atoms. The smallest absolute Gasteiger partial charge is 0.257 e. The van der Waals surface area contributed by atoms with E-state index in [0.29, 0.717) is 22.8 Å². The van der Waals surface area contributed by atoms with Crippen molar-refractivity contribution >= 4 is 34.0 Å². The van der Waals surface area contributed by atoms with Crippen LogP contribution >= 0.6 is 11.3 Å². The highest BCUT2D eigenvalue weighted by Crippen LogP contribution is 2.34. The first kappa shape index (κ1) is 18.9. The topological polar surface area (TPSA) is 89.6 Å². The Morgan fingerprint density at radius 2 is 1.93 bits per heavy atom. The minimum atomic E-state index is -0.277. The number of aryl methyl sites for hydroxylation is 1. The molecule has 0 aliphatic carbocycles. The maximum absolute atomic E-state index is 12.6. The summed E-state index contributed by atoms with van der Waals surface area (Å²) in [7, 11) is 0. The van der Waals surface area contributed by atoms with Gasteiger partial charge in [0.2, 0.25) is 12.7 Å². The van der Waals surface area contributed by atoms with Gasteiger partial charge in [-0.05, 0) is 42.8 Å². The number of benzene rings is 2. The first-order valence-electron chi connectivity index (χ1n) is 9.02. The maximum atomic E-state index is 12.6. The number of rotatable bonds is 5. The van der Waals surface area contributed by atoms with Crippen LogP contribution in [-0.2, 0) is 11.2 Å². The average Bonchev–Trinajstić information content (AvgIpc) is 3.27. The highest BCUT2D eigenvalue weighted by atomic mass is 32.1. The molecule has 8 heteroatoms. The van der Waals surface area contributed by atoms with Crippen LogP contribution in [0.15, 0.2) is 42.5 Å². The van der Waals surface area contributed by atoms with Crippen molar-refractivity contribution in [2.45, 2.75) is 20.3 Å². The van der Waals surface area contributed by atoms with Crippen LogP contribution in [-0.4, -0.2) is 23.6 Å². The minimum absolute atomic E-state index is 0.189. The predicted molar refractivity (Wildman–Crippen MR) is 111 cm³/mol. The van der Waals surface area contributed by atoms with E-state index >= 15 is 0 Å². The van der Waals surface area contributed by atoms with Crippen molar-refractivity contribution in [2.24, 2.45) is 0 Å². The number of thiazole rings is 1. The summed E-state index contributed by atoms with van der Waals surface area (Å²) in [5, 5.41) is 6.04.